The fraction of sp³-hybridized carbons (Fsp3) is 0.269. The summed E-state index contributed by atoms with van der Waals surface area (Å²) >= 11 is 0. The number of anilines is 1. The first-order valence-corrected chi connectivity index (χ1v) is 11.7. The molecule has 0 saturated carbocycles. The van der Waals surface area contributed by atoms with Gasteiger partial charge < -0.3 is 10.2 Å². The van der Waals surface area contributed by atoms with Crippen molar-refractivity contribution in [3.8, 4) is 11.3 Å². The molecule has 2 N–H and O–H groups in total. The van der Waals surface area contributed by atoms with Gasteiger partial charge in [0.05, 0.1) is 16.6 Å². The van der Waals surface area contributed by atoms with Gasteiger partial charge in [-0.05, 0) is 31.0 Å². The molecular weight excluding hydrogens is 444 g/mol. The molecule has 4 heterocycles. The second kappa shape index (κ2) is 9.54. The first kappa shape index (κ1) is 22.5. The molecule has 0 aliphatic carbocycles. The second-order valence-corrected chi connectivity index (χ2v) is 8.62. The molecule has 4 aromatic rings. The van der Waals surface area contributed by atoms with E-state index < -0.39 is 11.2 Å². The lowest BCUT2D eigenvalue weighted by atomic mass is 10.1. The molecule has 35 heavy (non-hydrogen) atoms. The van der Waals surface area contributed by atoms with Crippen LogP contribution in [0.2, 0.25) is 0 Å². The molecule has 0 bridgehead atoms. The lowest BCUT2D eigenvalue weighted by molar-refractivity contribution is 0.0942. The highest BCUT2D eigenvalue weighted by Crippen LogP contribution is 2.24. The second-order valence-electron chi connectivity index (χ2n) is 8.62. The molecule has 0 spiro atoms. The summed E-state index contributed by atoms with van der Waals surface area (Å²) in [5, 5.41) is 3.20. The van der Waals surface area contributed by atoms with Crippen molar-refractivity contribution in [3.05, 3.63) is 87.2 Å². The topological polar surface area (TPSA) is 113 Å². The molecule has 0 radical (unpaired) electrons. The van der Waals surface area contributed by atoms with Gasteiger partial charge in [0.1, 0.15) is 5.82 Å². The lowest BCUT2D eigenvalue weighted by Gasteiger charge is -2.18. The van der Waals surface area contributed by atoms with Crippen molar-refractivity contribution in [1.29, 1.82) is 0 Å². The summed E-state index contributed by atoms with van der Waals surface area (Å²) in [6.45, 7) is 3.70. The van der Waals surface area contributed by atoms with Crippen LogP contribution < -0.4 is 21.5 Å². The van der Waals surface area contributed by atoms with E-state index in [1.807, 2.05) is 55.5 Å². The quantitative estimate of drug-likeness (QED) is 0.448. The van der Waals surface area contributed by atoms with E-state index in [1.54, 1.807) is 12.3 Å². The Morgan fingerprint density at radius 1 is 1.14 bits per heavy atom. The van der Waals surface area contributed by atoms with E-state index >= 15 is 0 Å². The Morgan fingerprint density at radius 3 is 2.69 bits per heavy atom. The zero-order valence-electron chi connectivity index (χ0n) is 19.4. The van der Waals surface area contributed by atoms with Crippen molar-refractivity contribution in [2.75, 3.05) is 18.0 Å². The van der Waals surface area contributed by atoms with Crippen LogP contribution in [0.3, 0.4) is 0 Å². The normalized spacial score (nSPS) is 15.5. The van der Waals surface area contributed by atoms with Crippen molar-refractivity contribution in [3.63, 3.8) is 0 Å². The van der Waals surface area contributed by atoms with Crippen molar-refractivity contribution in [2.45, 2.75) is 32.4 Å². The summed E-state index contributed by atoms with van der Waals surface area (Å²) in [6.07, 6.45) is 3.18. The van der Waals surface area contributed by atoms with Crippen LogP contribution in [0.25, 0.3) is 22.3 Å². The minimum Gasteiger partial charge on any atom is -0.354 e. The molecule has 9 nitrogen and oxygen atoms in total. The molecular formula is C26H26N6O3. The molecule has 1 aromatic carbocycles. The van der Waals surface area contributed by atoms with Crippen LogP contribution in [-0.4, -0.2) is 44.6 Å². The molecule has 1 aliphatic rings. The molecule has 3 aromatic heterocycles. The van der Waals surface area contributed by atoms with Gasteiger partial charge in [0.15, 0.2) is 5.65 Å². The van der Waals surface area contributed by atoms with Gasteiger partial charge in [0.25, 0.3) is 11.5 Å². The van der Waals surface area contributed by atoms with Crippen LogP contribution in [0.15, 0.2) is 70.4 Å². The van der Waals surface area contributed by atoms with Crippen LogP contribution in [0.1, 0.15) is 30.1 Å². The molecule has 1 unspecified atom stereocenters. The van der Waals surface area contributed by atoms with Gasteiger partial charge in [-0.2, -0.15) is 0 Å². The number of carbonyl (C=O) groups is 1. The van der Waals surface area contributed by atoms with Gasteiger partial charge in [-0.15, -0.1) is 0 Å². The number of nitrogens with zero attached hydrogens (tertiary/aromatic N) is 4. The molecule has 9 heteroatoms. The number of nitrogens with one attached hydrogen (secondary N) is 2. The molecule has 5 rings (SSSR count). The van der Waals surface area contributed by atoms with Gasteiger partial charge >= 0.3 is 5.69 Å². The number of rotatable bonds is 6. The highest BCUT2D eigenvalue weighted by atomic mass is 16.2. The minimum absolute atomic E-state index is 0.103. The fourth-order valence-corrected chi connectivity index (χ4v) is 4.53. The Labute approximate surface area is 201 Å². The number of aromatic amines is 1. The van der Waals surface area contributed by atoms with E-state index in [2.05, 4.69) is 25.2 Å². The van der Waals surface area contributed by atoms with E-state index in [-0.39, 0.29) is 28.5 Å². The number of aryl methyl sites for hydroxylation is 1. The maximum absolute atomic E-state index is 13.5. The number of pyridine rings is 2. The van der Waals surface area contributed by atoms with E-state index in [1.165, 1.54) is 4.57 Å². The van der Waals surface area contributed by atoms with Crippen molar-refractivity contribution in [1.82, 2.24) is 24.8 Å². The zero-order valence-corrected chi connectivity index (χ0v) is 19.4. The van der Waals surface area contributed by atoms with E-state index in [9.17, 15) is 14.4 Å². The molecule has 1 fully saturated rings. The van der Waals surface area contributed by atoms with Crippen molar-refractivity contribution >= 4 is 22.8 Å². The number of carbonyl (C=O) groups excluding carboxylic acids is 1. The average Bonchev–Trinajstić information content (AvgIpc) is 3.35. The van der Waals surface area contributed by atoms with Crippen LogP contribution >= 0.6 is 0 Å². The number of H-pyrrole nitrogens is 1. The minimum atomic E-state index is -0.615. The molecule has 1 aliphatic heterocycles. The monoisotopic (exact) mass is 470 g/mol. The van der Waals surface area contributed by atoms with Gasteiger partial charge in [-0.1, -0.05) is 43.3 Å². The summed E-state index contributed by atoms with van der Waals surface area (Å²) in [6, 6.07) is 16.7. The van der Waals surface area contributed by atoms with Crippen LogP contribution in [0.4, 0.5) is 5.82 Å². The smallest absolute Gasteiger partial charge is 0.329 e. The predicted molar refractivity (Wildman–Crippen MR) is 135 cm³/mol. The third-order valence-electron chi connectivity index (χ3n) is 6.21. The Bertz CT molecular complexity index is 1480. The Balaban J connectivity index is 1.55. The lowest BCUT2D eigenvalue weighted by Crippen LogP contribution is -2.38. The summed E-state index contributed by atoms with van der Waals surface area (Å²) in [7, 11) is 0. The van der Waals surface area contributed by atoms with Crippen LogP contribution in [-0.2, 0) is 6.54 Å². The third-order valence-corrected chi connectivity index (χ3v) is 6.21. The summed E-state index contributed by atoms with van der Waals surface area (Å²) in [4.78, 5) is 52.5. The number of benzene rings is 1. The van der Waals surface area contributed by atoms with Crippen LogP contribution in [0, 0.1) is 0 Å². The summed E-state index contributed by atoms with van der Waals surface area (Å²) in [5.74, 6) is 0.500. The first-order chi connectivity index (χ1) is 17.0. The Hall–Kier alpha value is -4.27. The van der Waals surface area contributed by atoms with E-state index in [0.717, 1.165) is 24.3 Å². The largest absolute Gasteiger partial charge is 0.354 e. The fourth-order valence-electron chi connectivity index (χ4n) is 4.53. The highest BCUT2D eigenvalue weighted by molar-refractivity contribution is 6.06. The summed E-state index contributed by atoms with van der Waals surface area (Å²) < 4.78 is 1.43. The Morgan fingerprint density at radius 2 is 1.94 bits per heavy atom. The Kier molecular flexibility index (Phi) is 6.13. The molecule has 1 saturated heterocycles. The number of amides is 1. The number of aromatic nitrogens is 4. The SMILES string of the molecule is CCCn1c(=O)[nH]c(=O)c2c(C(=O)NC3CCN(c4ccccn4)C3)cc(-c3ccccc3)nc21. The van der Waals surface area contributed by atoms with Crippen molar-refractivity contribution < 1.29 is 4.79 Å². The van der Waals surface area contributed by atoms with Gasteiger partial charge in [-0.3, -0.25) is 19.1 Å². The first-order valence-electron chi connectivity index (χ1n) is 11.7. The molecule has 178 valence electrons. The van der Waals surface area contributed by atoms with Crippen molar-refractivity contribution in [2.24, 2.45) is 0 Å². The van der Waals surface area contributed by atoms with E-state index in [0.29, 0.717) is 25.2 Å². The predicted octanol–water partition coefficient (Wildman–Crippen LogP) is 2.57. The molecule has 1 atom stereocenters. The summed E-state index contributed by atoms with van der Waals surface area (Å²) in [5.41, 5.74) is 0.595. The third kappa shape index (κ3) is 4.44. The standard InChI is InChI=1S/C26H26N6O3/c1-2-13-32-23-22(25(34)30-26(32)35)19(15-20(29-23)17-8-4-3-5-9-17)24(33)28-18-11-14-31(16-18)21-10-6-7-12-27-21/h3-10,12,15,18H,2,11,13-14,16H2,1H3,(H,28,33)(H,30,34,35). The maximum Gasteiger partial charge on any atom is 0.329 e. The number of hydrogen-bond donors (Lipinski definition) is 2. The maximum atomic E-state index is 13.5. The zero-order chi connectivity index (χ0) is 24.4. The van der Waals surface area contributed by atoms with Gasteiger partial charge in [-0.25, -0.2) is 14.8 Å². The number of fused-ring (bicyclic) bond motifs is 1. The van der Waals surface area contributed by atoms with E-state index in [4.69, 9.17) is 0 Å². The average molecular weight is 471 g/mol. The van der Waals surface area contributed by atoms with Gasteiger partial charge in [0.2, 0.25) is 0 Å². The van der Waals surface area contributed by atoms with Gasteiger partial charge in [0, 0.05) is 37.4 Å². The molecule has 1 amide bonds. The number of hydrogen-bond acceptors (Lipinski definition) is 6. The highest BCUT2D eigenvalue weighted by Gasteiger charge is 2.27. The van der Waals surface area contributed by atoms with Crippen LogP contribution in [0.5, 0.6) is 0 Å².